The number of hydrogen-bond donors (Lipinski definition) is 1. The van der Waals surface area contributed by atoms with Crippen molar-refractivity contribution in [1.82, 2.24) is 14.9 Å². The molecule has 0 atom stereocenters. The molecule has 0 amide bonds. The topological polar surface area (TPSA) is 64.4 Å². The Balaban J connectivity index is 1.50. The molecule has 2 aromatic carbocycles. The lowest BCUT2D eigenvalue weighted by Gasteiger charge is -2.19. The fourth-order valence-electron chi connectivity index (χ4n) is 3.78. The Labute approximate surface area is 181 Å². The van der Waals surface area contributed by atoms with Crippen molar-refractivity contribution in [1.29, 1.82) is 0 Å². The second kappa shape index (κ2) is 9.71. The van der Waals surface area contributed by atoms with Crippen LogP contribution in [-0.4, -0.2) is 28.2 Å². The van der Waals surface area contributed by atoms with E-state index in [2.05, 4.69) is 15.3 Å². The van der Waals surface area contributed by atoms with Crippen LogP contribution in [0.1, 0.15) is 55.0 Å². The molecule has 0 radical (unpaired) electrons. The number of aromatic amines is 1. The molecule has 4 rings (SSSR count). The summed E-state index contributed by atoms with van der Waals surface area (Å²) in [5.74, 6) is 2.69. The Morgan fingerprint density at radius 2 is 1.93 bits per heavy atom. The van der Waals surface area contributed by atoms with E-state index in [9.17, 15) is 0 Å². The van der Waals surface area contributed by atoms with E-state index in [4.69, 9.17) is 21.7 Å². The first kappa shape index (κ1) is 20.3. The number of aromatic nitrogens is 3. The highest BCUT2D eigenvalue weighted by Gasteiger charge is 2.21. The highest BCUT2D eigenvalue weighted by molar-refractivity contribution is 7.71. The maximum absolute atomic E-state index is 5.93. The van der Waals surface area contributed by atoms with Gasteiger partial charge in [-0.15, -0.1) is 0 Å². The van der Waals surface area contributed by atoms with Crippen molar-refractivity contribution < 1.29 is 9.47 Å². The number of nitrogens with one attached hydrogen (secondary N) is 1. The van der Waals surface area contributed by atoms with Gasteiger partial charge in [0.05, 0.1) is 13.3 Å². The van der Waals surface area contributed by atoms with Crippen LogP contribution in [0.25, 0.3) is 0 Å². The Bertz CT molecular complexity index is 1050. The Hall–Kier alpha value is -2.93. The van der Waals surface area contributed by atoms with Gasteiger partial charge in [0, 0.05) is 5.92 Å². The molecule has 0 saturated heterocycles. The van der Waals surface area contributed by atoms with E-state index in [1.54, 1.807) is 18.0 Å². The molecule has 7 heteroatoms. The fourth-order valence-corrected chi connectivity index (χ4v) is 3.97. The first-order chi connectivity index (χ1) is 14.7. The molecule has 0 spiro atoms. The predicted molar refractivity (Wildman–Crippen MR) is 120 cm³/mol. The van der Waals surface area contributed by atoms with Gasteiger partial charge in [0.15, 0.2) is 17.3 Å². The van der Waals surface area contributed by atoms with Gasteiger partial charge in [-0.25, -0.2) is 0 Å². The molecule has 1 heterocycles. The van der Waals surface area contributed by atoms with Gasteiger partial charge in [0.2, 0.25) is 4.77 Å². The molecule has 1 N–H and O–H groups in total. The van der Waals surface area contributed by atoms with E-state index in [1.165, 1.54) is 19.3 Å². The van der Waals surface area contributed by atoms with E-state index in [-0.39, 0.29) is 0 Å². The summed E-state index contributed by atoms with van der Waals surface area (Å²) in [5, 5.41) is 11.9. The average Bonchev–Trinajstić information content (AvgIpc) is 3.18. The lowest BCUT2D eigenvalue weighted by Crippen LogP contribution is -2.10. The summed E-state index contributed by atoms with van der Waals surface area (Å²) in [6, 6.07) is 15.8. The van der Waals surface area contributed by atoms with Crippen LogP contribution in [0.15, 0.2) is 53.6 Å². The average molecular weight is 423 g/mol. The van der Waals surface area contributed by atoms with Crippen LogP contribution in [0.2, 0.25) is 0 Å². The van der Waals surface area contributed by atoms with Gasteiger partial charge in [-0.05, 0) is 54.4 Å². The second-order valence-corrected chi connectivity index (χ2v) is 7.85. The minimum absolute atomic E-state index is 0.409. The third-order valence-corrected chi connectivity index (χ3v) is 5.66. The lowest BCUT2D eigenvalue weighted by atomic mass is 9.89. The van der Waals surface area contributed by atoms with Crippen LogP contribution < -0.4 is 9.47 Å². The zero-order chi connectivity index (χ0) is 20.8. The minimum atomic E-state index is 0.409. The minimum Gasteiger partial charge on any atom is -0.493 e. The molecular weight excluding hydrogens is 396 g/mol. The third kappa shape index (κ3) is 4.79. The van der Waals surface area contributed by atoms with Gasteiger partial charge in [-0.1, -0.05) is 49.6 Å². The molecular formula is C23H26N4O2S. The predicted octanol–water partition coefficient (Wildman–Crippen LogP) is 5.46. The first-order valence-corrected chi connectivity index (χ1v) is 10.7. The normalized spacial score (nSPS) is 14.8. The lowest BCUT2D eigenvalue weighted by molar-refractivity contribution is 0.284. The Kier molecular flexibility index (Phi) is 6.59. The molecule has 30 heavy (non-hydrogen) atoms. The standard InChI is InChI=1S/C23H26N4O2S/c1-28-21-14-18(12-13-20(21)29-16-17-8-4-2-5-9-17)15-24-27-22(25-26-23(27)30)19-10-6-3-7-11-19/h2,4-5,8-9,12-15,19H,3,6-7,10-11,16H2,1H3,(H,26,30). The molecule has 1 aliphatic carbocycles. The van der Waals surface area contributed by atoms with Crippen molar-refractivity contribution in [2.24, 2.45) is 5.10 Å². The molecule has 6 nitrogen and oxygen atoms in total. The van der Waals surface area contributed by atoms with E-state index >= 15 is 0 Å². The van der Waals surface area contributed by atoms with Crippen LogP contribution in [0, 0.1) is 4.77 Å². The SMILES string of the molecule is COc1cc(C=Nn2c(C3CCCCC3)n[nH]c2=S)ccc1OCc1ccccc1. The van der Waals surface area contributed by atoms with Crippen LogP contribution in [-0.2, 0) is 6.61 Å². The highest BCUT2D eigenvalue weighted by atomic mass is 32.1. The van der Waals surface area contributed by atoms with Crippen molar-refractivity contribution in [3.63, 3.8) is 0 Å². The number of ether oxygens (including phenoxy) is 2. The summed E-state index contributed by atoms with van der Waals surface area (Å²) >= 11 is 5.39. The molecule has 1 aliphatic rings. The Morgan fingerprint density at radius 3 is 2.70 bits per heavy atom. The smallest absolute Gasteiger partial charge is 0.216 e. The van der Waals surface area contributed by atoms with E-state index < -0.39 is 0 Å². The van der Waals surface area contributed by atoms with Crippen LogP contribution >= 0.6 is 12.2 Å². The fraction of sp³-hybridized carbons (Fsp3) is 0.348. The number of rotatable bonds is 7. The van der Waals surface area contributed by atoms with Gasteiger partial charge in [0.25, 0.3) is 0 Å². The van der Waals surface area contributed by atoms with Gasteiger partial charge in [-0.2, -0.15) is 14.9 Å². The summed E-state index contributed by atoms with van der Waals surface area (Å²) in [5.41, 5.74) is 2.01. The zero-order valence-corrected chi connectivity index (χ0v) is 17.9. The molecule has 0 unspecified atom stereocenters. The monoisotopic (exact) mass is 422 g/mol. The second-order valence-electron chi connectivity index (χ2n) is 7.46. The summed E-state index contributed by atoms with van der Waals surface area (Å²) in [7, 11) is 1.64. The van der Waals surface area contributed by atoms with Crippen LogP contribution in [0.5, 0.6) is 11.5 Å². The highest BCUT2D eigenvalue weighted by Crippen LogP contribution is 2.32. The number of hydrogen-bond acceptors (Lipinski definition) is 5. The van der Waals surface area contributed by atoms with E-state index in [1.807, 2.05) is 48.5 Å². The summed E-state index contributed by atoms with van der Waals surface area (Å²) in [4.78, 5) is 0. The van der Waals surface area contributed by atoms with Gasteiger partial charge in [-0.3, -0.25) is 5.10 Å². The van der Waals surface area contributed by atoms with Crippen molar-refractivity contribution in [2.45, 2.75) is 44.6 Å². The van der Waals surface area contributed by atoms with Crippen LogP contribution in [0.3, 0.4) is 0 Å². The summed E-state index contributed by atoms with van der Waals surface area (Å²) in [6.07, 6.45) is 7.81. The van der Waals surface area contributed by atoms with Crippen molar-refractivity contribution in [3.8, 4) is 11.5 Å². The number of H-pyrrole nitrogens is 1. The molecule has 0 aliphatic heterocycles. The van der Waals surface area contributed by atoms with E-state index in [0.717, 1.165) is 29.8 Å². The molecule has 156 valence electrons. The quantitative estimate of drug-likeness (QED) is 0.406. The van der Waals surface area contributed by atoms with Crippen molar-refractivity contribution in [2.75, 3.05) is 7.11 Å². The molecule has 1 fully saturated rings. The summed E-state index contributed by atoms with van der Waals surface area (Å²) in [6.45, 7) is 0.486. The maximum Gasteiger partial charge on any atom is 0.216 e. The Morgan fingerprint density at radius 1 is 1.13 bits per heavy atom. The number of nitrogens with zero attached hydrogens (tertiary/aromatic N) is 3. The summed E-state index contributed by atoms with van der Waals surface area (Å²) < 4.78 is 13.7. The molecule has 1 aromatic heterocycles. The van der Waals surface area contributed by atoms with Gasteiger partial charge < -0.3 is 9.47 Å². The molecule has 0 bridgehead atoms. The zero-order valence-electron chi connectivity index (χ0n) is 17.1. The molecule has 3 aromatic rings. The maximum atomic E-state index is 5.93. The number of methoxy groups -OCH3 is 1. The first-order valence-electron chi connectivity index (χ1n) is 10.3. The third-order valence-electron chi connectivity index (χ3n) is 5.39. The van der Waals surface area contributed by atoms with E-state index in [0.29, 0.717) is 28.8 Å². The number of benzene rings is 2. The molecule has 1 saturated carbocycles. The van der Waals surface area contributed by atoms with Crippen molar-refractivity contribution >= 4 is 18.4 Å². The van der Waals surface area contributed by atoms with Crippen LogP contribution in [0.4, 0.5) is 0 Å². The largest absolute Gasteiger partial charge is 0.493 e. The van der Waals surface area contributed by atoms with Crippen molar-refractivity contribution in [3.05, 3.63) is 70.3 Å². The van der Waals surface area contributed by atoms with Gasteiger partial charge in [0.1, 0.15) is 6.61 Å². The van der Waals surface area contributed by atoms with Gasteiger partial charge >= 0.3 is 0 Å².